The van der Waals surface area contributed by atoms with E-state index in [1.807, 2.05) is 0 Å². The lowest BCUT2D eigenvalue weighted by molar-refractivity contribution is 0.242. The fraction of sp³-hybridized carbons (Fsp3) is 0.900. The number of fused-ring (bicyclic) bond motifs is 5. The van der Waals surface area contributed by atoms with Gasteiger partial charge in [-0.25, -0.2) is 0 Å². The molecule has 0 aromatic carbocycles. The molecule has 2 aliphatic heterocycles. The highest BCUT2D eigenvalue weighted by atomic mass is 32.2. The Labute approximate surface area is 139 Å². The second-order valence-electron chi connectivity index (χ2n) is 9.82. The molecule has 3 aliphatic rings. The molecule has 1 unspecified atom stereocenters. The van der Waals surface area contributed by atoms with Gasteiger partial charge in [0.2, 0.25) is 0 Å². The molecule has 22 heavy (non-hydrogen) atoms. The van der Waals surface area contributed by atoms with E-state index in [0.29, 0.717) is 22.3 Å². The summed E-state index contributed by atoms with van der Waals surface area (Å²) in [6, 6.07) is 0. The fourth-order valence-electron chi connectivity index (χ4n) is 5.42. The van der Waals surface area contributed by atoms with E-state index < -0.39 is 10.8 Å². The Morgan fingerprint density at radius 1 is 0.727 bits per heavy atom. The van der Waals surface area contributed by atoms with E-state index in [0.717, 1.165) is 0 Å². The van der Waals surface area contributed by atoms with Crippen LogP contribution >= 0.6 is 0 Å². The van der Waals surface area contributed by atoms with Crippen LogP contribution in [0.4, 0.5) is 0 Å². The zero-order valence-corrected chi connectivity index (χ0v) is 16.2. The average molecular weight is 323 g/mol. The van der Waals surface area contributed by atoms with Gasteiger partial charge >= 0.3 is 0 Å². The lowest BCUT2D eigenvalue weighted by atomic mass is 9.61. The van der Waals surface area contributed by atoms with Crippen LogP contribution in [-0.2, 0) is 10.8 Å². The smallest absolute Gasteiger partial charge is 0.0602 e. The van der Waals surface area contributed by atoms with Gasteiger partial charge in [-0.3, -0.25) is 4.21 Å². The molecule has 2 heterocycles. The molecule has 0 spiro atoms. The van der Waals surface area contributed by atoms with E-state index in [2.05, 4.69) is 41.5 Å². The van der Waals surface area contributed by atoms with Crippen molar-refractivity contribution >= 4 is 10.8 Å². The monoisotopic (exact) mass is 322 g/mol. The molecule has 1 saturated carbocycles. The van der Waals surface area contributed by atoms with Gasteiger partial charge in [0.1, 0.15) is 0 Å². The lowest BCUT2D eigenvalue weighted by Gasteiger charge is -2.42. The van der Waals surface area contributed by atoms with Crippen LogP contribution in [0.25, 0.3) is 0 Å². The van der Waals surface area contributed by atoms with Crippen LogP contribution in [0.5, 0.6) is 0 Å². The van der Waals surface area contributed by atoms with Crippen LogP contribution in [0.2, 0.25) is 0 Å². The van der Waals surface area contributed by atoms with Gasteiger partial charge in [0.05, 0.1) is 10.5 Å². The molecule has 1 saturated heterocycles. The van der Waals surface area contributed by atoms with Crippen molar-refractivity contribution in [1.29, 1.82) is 0 Å². The number of rotatable bonds is 0. The van der Waals surface area contributed by atoms with E-state index in [1.165, 1.54) is 38.5 Å². The van der Waals surface area contributed by atoms with E-state index in [1.54, 1.807) is 11.1 Å². The maximum absolute atomic E-state index is 13.3. The maximum atomic E-state index is 13.3. The molecule has 2 bridgehead atoms. The summed E-state index contributed by atoms with van der Waals surface area (Å²) >= 11 is 0. The molecule has 3 rings (SSSR count). The molecule has 2 fully saturated rings. The van der Waals surface area contributed by atoms with Crippen molar-refractivity contribution < 1.29 is 4.21 Å². The summed E-state index contributed by atoms with van der Waals surface area (Å²) < 4.78 is 13.3. The molecule has 0 aromatic rings. The highest BCUT2D eigenvalue weighted by Gasteiger charge is 2.60. The molecule has 1 nitrogen and oxygen atoms in total. The number of hydrogen-bond acceptors (Lipinski definition) is 1. The maximum Gasteiger partial charge on any atom is 0.0602 e. The minimum atomic E-state index is -0.664. The third-order valence-corrected chi connectivity index (χ3v) is 8.30. The van der Waals surface area contributed by atoms with Crippen molar-refractivity contribution in [2.45, 2.75) is 90.6 Å². The molecule has 1 aliphatic carbocycles. The van der Waals surface area contributed by atoms with Crippen LogP contribution < -0.4 is 0 Å². The van der Waals surface area contributed by atoms with Crippen LogP contribution in [-0.4, -0.2) is 14.7 Å². The van der Waals surface area contributed by atoms with Gasteiger partial charge in [-0.15, -0.1) is 0 Å². The van der Waals surface area contributed by atoms with E-state index >= 15 is 0 Å². The van der Waals surface area contributed by atoms with Gasteiger partial charge in [0, 0.05) is 10.8 Å². The first kappa shape index (κ1) is 16.7. The third-order valence-electron chi connectivity index (χ3n) is 6.13. The van der Waals surface area contributed by atoms with E-state index in [4.69, 9.17) is 0 Å². The Morgan fingerprint density at radius 2 is 1.09 bits per heavy atom. The van der Waals surface area contributed by atoms with Gasteiger partial charge < -0.3 is 0 Å². The Kier molecular flexibility index (Phi) is 4.16. The lowest BCUT2D eigenvalue weighted by Crippen LogP contribution is -2.37. The van der Waals surface area contributed by atoms with Crippen molar-refractivity contribution in [2.24, 2.45) is 22.7 Å². The van der Waals surface area contributed by atoms with Crippen LogP contribution in [0.15, 0.2) is 11.1 Å². The molecule has 0 N–H and O–H groups in total. The minimum Gasteiger partial charge on any atom is -0.258 e. The summed E-state index contributed by atoms with van der Waals surface area (Å²) in [4.78, 5) is 0. The van der Waals surface area contributed by atoms with E-state index in [-0.39, 0.29) is 10.8 Å². The van der Waals surface area contributed by atoms with Crippen molar-refractivity contribution in [3.05, 3.63) is 11.1 Å². The molecule has 126 valence electrons. The average Bonchev–Trinajstić information content (AvgIpc) is 2.75. The Hall–Kier alpha value is -0.110. The fourth-order valence-corrected chi connectivity index (χ4v) is 8.53. The standard InChI is InChI=1S/C20H34OS/c1-19(2,3)15-16(20(4,5)6)18-14-12-10-8-7-9-11-13(14)17(15)22(18)21/h13-14,17-18H,7-12H2,1-6H3/t13-,14+,17+,18-,22?. The second kappa shape index (κ2) is 5.46. The zero-order valence-electron chi connectivity index (χ0n) is 15.4. The molecule has 0 radical (unpaired) electrons. The van der Waals surface area contributed by atoms with Gasteiger partial charge in [-0.05, 0) is 46.7 Å². The first-order chi connectivity index (χ1) is 10.1. The van der Waals surface area contributed by atoms with Crippen molar-refractivity contribution in [2.75, 3.05) is 0 Å². The predicted molar refractivity (Wildman–Crippen MR) is 96.3 cm³/mol. The summed E-state index contributed by atoms with van der Waals surface area (Å²) in [5.74, 6) is 1.40. The highest BCUT2D eigenvalue weighted by Crippen LogP contribution is 2.60. The van der Waals surface area contributed by atoms with Crippen molar-refractivity contribution in [3.63, 3.8) is 0 Å². The van der Waals surface area contributed by atoms with Gasteiger partial charge in [-0.2, -0.15) is 0 Å². The van der Waals surface area contributed by atoms with Gasteiger partial charge in [0.15, 0.2) is 0 Å². The predicted octanol–water partition coefficient (Wildman–Crippen LogP) is 5.47. The SMILES string of the molecule is CC(C)(C)C1=C(C(C)(C)C)[C@H]2[C@H]3CCCCCC[C@H]3[C@@H]1S2=O. The molecule has 5 atom stereocenters. The number of hydrogen-bond donors (Lipinski definition) is 0. The van der Waals surface area contributed by atoms with Crippen LogP contribution in [0.3, 0.4) is 0 Å². The highest BCUT2D eigenvalue weighted by molar-refractivity contribution is 7.87. The Balaban J connectivity index is 2.11. The molecule has 2 heteroatoms. The summed E-state index contributed by atoms with van der Waals surface area (Å²) in [6.07, 6.45) is 8.10. The zero-order chi connectivity index (χ0) is 16.3. The summed E-state index contributed by atoms with van der Waals surface area (Å²) in [5.41, 5.74) is 3.46. The third kappa shape index (κ3) is 2.54. The normalized spacial score (nSPS) is 39.6. The van der Waals surface area contributed by atoms with Crippen LogP contribution in [0.1, 0.15) is 80.1 Å². The first-order valence-corrected chi connectivity index (χ1v) is 10.6. The molecular formula is C20H34OS. The quantitative estimate of drug-likeness (QED) is 0.540. The van der Waals surface area contributed by atoms with Crippen molar-refractivity contribution in [1.82, 2.24) is 0 Å². The Bertz CT molecular complexity index is 459. The van der Waals surface area contributed by atoms with Crippen LogP contribution in [0, 0.1) is 22.7 Å². The Morgan fingerprint density at radius 3 is 1.41 bits per heavy atom. The first-order valence-electron chi connectivity index (χ1n) is 9.28. The van der Waals surface area contributed by atoms with E-state index in [9.17, 15) is 4.21 Å². The summed E-state index contributed by atoms with van der Waals surface area (Å²) in [5, 5.41) is 0.727. The largest absolute Gasteiger partial charge is 0.258 e. The van der Waals surface area contributed by atoms with Crippen molar-refractivity contribution in [3.8, 4) is 0 Å². The minimum absolute atomic E-state index is 0.158. The van der Waals surface area contributed by atoms with Gasteiger partial charge in [-0.1, -0.05) is 67.2 Å². The van der Waals surface area contributed by atoms with Gasteiger partial charge in [0.25, 0.3) is 0 Å². The molecular weight excluding hydrogens is 288 g/mol. The second-order valence-corrected chi connectivity index (χ2v) is 11.5. The topological polar surface area (TPSA) is 17.1 Å². The molecule has 0 aromatic heterocycles. The summed E-state index contributed by atoms with van der Waals surface area (Å²) in [7, 11) is -0.664. The summed E-state index contributed by atoms with van der Waals surface area (Å²) in [6.45, 7) is 14.0. The molecule has 0 amide bonds.